The highest BCUT2D eigenvalue weighted by atomic mass is 16.5. The second-order valence-electron chi connectivity index (χ2n) is 9.54. The molecule has 2 aromatic rings. The van der Waals surface area contributed by atoms with Crippen molar-refractivity contribution in [1.29, 1.82) is 5.26 Å². The van der Waals surface area contributed by atoms with E-state index in [0.29, 0.717) is 22.7 Å². The third kappa shape index (κ3) is 7.03. The molecule has 2 atom stereocenters. The van der Waals surface area contributed by atoms with Gasteiger partial charge in [-0.05, 0) is 51.5 Å². The van der Waals surface area contributed by atoms with Crippen LogP contribution in [0.5, 0.6) is 5.75 Å². The summed E-state index contributed by atoms with van der Waals surface area (Å²) >= 11 is 0. The van der Waals surface area contributed by atoms with Crippen LogP contribution in [0.1, 0.15) is 46.1 Å². The van der Waals surface area contributed by atoms with Gasteiger partial charge in [-0.25, -0.2) is 14.6 Å². The third-order valence-corrected chi connectivity index (χ3v) is 5.51. The summed E-state index contributed by atoms with van der Waals surface area (Å²) in [6.45, 7) is 7.61. The van der Waals surface area contributed by atoms with Crippen molar-refractivity contribution in [2.24, 2.45) is 0 Å². The minimum absolute atomic E-state index is 0.0229. The fraction of sp³-hybridized carbons (Fsp3) is 0.370. The number of nitrogens with one attached hydrogen (secondary N) is 1. The number of nitriles is 1. The van der Waals surface area contributed by atoms with E-state index in [-0.39, 0.29) is 37.0 Å². The summed E-state index contributed by atoms with van der Waals surface area (Å²) in [7, 11) is 0. The van der Waals surface area contributed by atoms with E-state index < -0.39 is 24.0 Å². The molecule has 0 aliphatic carbocycles. The first-order valence-corrected chi connectivity index (χ1v) is 11.7. The lowest BCUT2D eigenvalue weighted by atomic mass is 10.0. The van der Waals surface area contributed by atoms with Gasteiger partial charge in [0.15, 0.2) is 0 Å². The molecule has 0 radical (unpaired) electrons. The molecule has 1 amide bonds. The van der Waals surface area contributed by atoms with Gasteiger partial charge in [-0.1, -0.05) is 12.1 Å². The lowest BCUT2D eigenvalue weighted by Crippen LogP contribution is -2.46. The first kappa shape index (κ1) is 27.1. The lowest BCUT2D eigenvalue weighted by Gasteiger charge is -2.33. The molecular formula is C27H28N4O6. The van der Waals surface area contributed by atoms with Crippen LogP contribution in [0.15, 0.2) is 42.2 Å². The number of pyridine rings is 1. The first-order chi connectivity index (χ1) is 17.5. The number of aromatic nitrogens is 1. The topological polar surface area (TPSA) is 139 Å². The number of carbonyl (C=O) groups is 3. The van der Waals surface area contributed by atoms with Crippen molar-refractivity contribution in [3.8, 4) is 22.9 Å². The Morgan fingerprint density at radius 2 is 1.97 bits per heavy atom. The molecule has 1 aromatic heterocycles. The Morgan fingerprint density at radius 3 is 2.57 bits per heavy atom. The average molecular weight is 505 g/mol. The number of nitrogens with zero attached hydrogens (tertiary/aromatic N) is 3. The number of likely N-dealkylation sites (tertiary alicyclic amines) is 1. The fourth-order valence-corrected chi connectivity index (χ4v) is 3.89. The highest BCUT2D eigenvalue weighted by Crippen LogP contribution is 2.31. The molecule has 1 saturated heterocycles. The van der Waals surface area contributed by atoms with E-state index in [1.807, 2.05) is 45.0 Å². The standard InChI is InChI=1S/C27H28N4O6/c1-17(26(35)31-10-9-22(12-20(31)15-32)36-24(34)16-33)30-25-23(11-18(13-28)14-29-25)19-5-7-21(8-6-19)37-27(2,3)4/h5-8,11,14,16-17,22H,9-10,12H2,1-4H3,(H,29,30)/t17-,22?/m0/s1. The zero-order chi connectivity index (χ0) is 27.2. The summed E-state index contributed by atoms with van der Waals surface area (Å²) in [5.74, 6) is 1.40. The van der Waals surface area contributed by atoms with Gasteiger partial charge in [0.1, 0.15) is 47.0 Å². The smallest absolute Gasteiger partial charge is 0.371 e. The molecule has 1 aromatic carbocycles. The van der Waals surface area contributed by atoms with Crippen LogP contribution < -0.4 is 10.1 Å². The highest BCUT2D eigenvalue weighted by Gasteiger charge is 2.32. The zero-order valence-electron chi connectivity index (χ0n) is 21.1. The summed E-state index contributed by atoms with van der Waals surface area (Å²) in [6.07, 6.45) is 1.03. The number of amides is 1. The Hall–Kier alpha value is -4.48. The number of anilines is 1. The molecule has 2 heterocycles. The SMILES string of the molecule is C[C@H](Nc1ncc(C#N)cc1-c1ccc(OC(C)(C)C)cc1)C(=O)N1CCC(OC(=O)C=O)CC1=C=O. The van der Waals surface area contributed by atoms with Crippen molar-refractivity contribution >= 4 is 29.9 Å². The minimum Gasteiger partial charge on any atom is -0.488 e. The van der Waals surface area contributed by atoms with E-state index in [0.717, 1.165) is 5.56 Å². The number of ether oxygens (including phenoxy) is 2. The predicted octanol–water partition coefficient (Wildman–Crippen LogP) is 3.05. The molecule has 37 heavy (non-hydrogen) atoms. The largest absolute Gasteiger partial charge is 0.488 e. The molecule has 3 rings (SSSR count). The molecule has 1 aliphatic heterocycles. The van der Waals surface area contributed by atoms with Crippen molar-refractivity contribution in [3.05, 3.63) is 47.8 Å². The van der Waals surface area contributed by atoms with Crippen molar-refractivity contribution in [2.45, 2.75) is 58.3 Å². The van der Waals surface area contributed by atoms with E-state index in [4.69, 9.17) is 9.47 Å². The van der Waals surface area contributed by atoms with Crippen LogP contribution in [0.25, 0.3) is 11.1 Å². The monoisotopic (exact) mass is 504 g/mol. The molecule has 0 spiro atoms. The summed E-state index contributed by atoms with van der Waals surface area (Å²) in [5, 5.41) is 12.5. The van der Waals surface area contributed by atoms with Gasteiger partial charge in [0.2, 0.25) is 12.2 Å². The van der Waals surface area contributed by atoms with E-state index >= 15 is 0 Å². The quantitative estimate of drug-likeness (QED) is 0.261. The van der Waals surface area contributed by atoms with Gasteiger partial charge in [-0.15, -0.1) is 0 Å². The van der Waals surface area contributed by atoms with Crippen molar-refractivity contribution in [1.82, 2.24) is 9.88 Å². The van der Waals surface area contributed by atoms with E-state index in [9.17, 15) is 24.4 Å². The third-order valence-electron chi connectivity index (χ3n) is 5.51. The second kappa shape index (κ2) is 11.5. The predicted molar refractivity (Wildman–Crippen MR) is 134 cm³/mol. The van der Waals surface area contributed by atoms with E-state index in [1.54, 1.807) is 18.9 Å². The van der Waals surface area contributed by atoms with Crippen LogP contribution in [0, 0.1) is 11.3 Å². The molecule has 192 valence electrons. The maximum absolute atomic E-state index is 13.2. The van der Waals surface area contributed by atoms with Crippen LogP contribution >= 0.6 is 0 Å². The van der Waals surface area contributed by atoms with Crippen molar-refractivity contribution in [3.63, 3.8) is 0 Å². The molecule has 10 nitrogen and oxygen atoms in total. The maximum atomic E-state index is 13.2. The number of hydrogen-bond donors (Lipinski definition) is 1. The van der Waals surface area contributed by atoms with Crippen molar-refractivity contribution < 1.29 is 28.7 Å². The Kier molecular flexibility index (Phi) is 8.43. The zero-order valence-corrected chi connectivity index (χ0v) is 21.1. The lowest BCUT2D eigenvalue weighted by molar-refractivity contribution is -0.154. The first-order valence-electron chi connectivity index (χ1n) is 11.7. The minimum atomic E-state index is -1.03. The van der Waals surface area contributed by atoms with Gasteiger partial charge in [-0.2, -0.15) is 5.26 Å². The number of aldehydes is 1. The van der Waals surface area contributed by atoms with Gasteiger partial charge < -0.3 is 19.7 Å². The number of piperidine rings is 1. The Balaban J connectivity index is 1.80. The normalized spacial score (nSPS) is 16.1. The van der Waals surface area contributed by atoms with Gasteiger partial charge in [0.25, 0.3) is 0 Å². The molecule has 1 aliphatic rings. The molecule has 1 fully saturated rings. The van der Waals surface area contributed by atoms with Crippen LogP contribution in [0.4, 0.5) is 5.82 Å². The van der Waals surface area contributed by atoms with E-state index in [1.165, 1.54) is 11.1 Å². The second-order valence-corrected chi connectivity index (χ2v) is 9.54. The summed E-state index contributed by atoms with van der Waals surface area (Å²) in [6, 6.07) is 10.3. The molecule has 0 bridgehead atoms. The number of carbonyl (C=O) groups excluding carboxylic acids is 4. The number of esters is 1. The molecule has 0 saturated carbocycles. The molecular weight excluding hydrogens is 476 g/mol. The number of benzene rings is 1. The number of rotatable bonds is 7. The summed E-state index contributed by atoms with van der Waals surface area (Å²) < 4.78 is 10.8. The Labute approximate surface area is 214 Å². The Bertz CT molecular complexity index is 1270. The molecule has 1 unspecified atom stereocenters. The van der Waals surface area contributed by atoms with Crippen LogP contribution in [-0.2, 0) is 23.9 Å². The molecule has 10 heteroatoms. The van der Waals surface area contributed by atoms with Crippen LogP contribution in [-0.4, -0.2) is 58.3 Å². The van der Waals surface area contributed by atoms with Gasteiger partial charge in [0, 0.05) is 31.1 Å². The Morgan fingerprint density at radius 1 is 1.27 bits per heavy atom. The average Bonchev–Trinajstić information content (AvgIpc) is 2.87. The van der Waals surface area contributed by atoms with E-state index in [2.05, 4.69) is 16.4 Å². The van der Waals surface area contributed by atoms with Gasteiger partial charge in [-0.3, -0.25) is 9.59 Å². The van der Waals surface area contributed by atoms with Gasteiger partial charge in [0.05, 0.1) is 5.56 Å². The maximum Gasteiger partial charge on any atom is 0.371 e. The van der Waals surface area contributed by atoms with Crippen molar-refractivity contribution in [2.75, 3.05) is 11.9 Å². The summed E-state index contributed by atoms with van der Waals surface area (Å²) in [4.78, 5) is 52.2. The van der Waals surface area contributed by atoms with Gasteiger partial charge >= 0.3 is 5.97 Å². The van der Waals surface area contributed by atoms with Crippen LogP contribution in [0.2, 0.25) is 0 Å². The summed E-state index contributed by atoms with van der Waals surface area (Å²) in [5.41, 5.74) is 1.42. The van der Waals surface area contributed by atoms with Crippen LogP contribution in [0.3, 0.4) is 0 Å². The fourth-order valence-electron chi connectivity index (χ4n) is 3.89. The molecule has 1 N–H and O–H groups in total. The highest BCUT2D eigenvalue weighted by molar-refractivity contribution is 6.20. The number of hydrogen-bond acceptors (Lipinski definition) is 9.